The number of likely N-dealkylation sites (N-methyl/N-ethyl adjacent to an activating group) is 1. The van der Waals surface area contributed by atoms with Gasteiger partial charge in [-0.25, -0.2) is 0 Å². The van der Waals surface area contributed by atoms with Gasteiger partial charge < -0.3 is 15.5 Å². The van der Waals surface area contributed by atoms with Crippen molar-refractivity contribution in [2.75, 3.05) is 59.9 Å². The maximum Gasteiger partial charge on any atom is 0.401 e. The average molecular weight is 479 g/mol. The number of likely N-dealkylation sites (tertiary alicyclic amines) is 1. The molecule has 0 spiro atoms. The molecule has 0 unspecified atom stereocenters. The Bertz CT molecular complexity index is 358. The largest absolute Gasteiger partial charge is 0.401 e. The number of guanidine groups is 1. The van der Waals surface area contributed by atoms with Crippen molar-refractivity contribution < 1.29 is 13.2 Å². The van der Waals surface area contributed by atoms with Crippen molar-refractivity contribution >= 4 is 29.9 Å². The Morgan fingerprint density at radius 2 is 1.68 bits per heavy atom. The van der Waals surface area contributed by atoms with Crippen LogP contribution in [0.4, 0.5) is 13.2 Å². The zero-order valence-electron chi connectivity index (χ0n) is 15.4. The summed E-state index contributed by atoms with van der Waals surface area (Å²) in [6.45, 7) is 4.13. The van der Waals surface area contributed by atoms with E-state index in [1.807, 2.05) is 0 Å². The Kier molecular flexibility index (Phi) is 13.7. The quantitative estimate of drug-likeness (QED) is 0.243. The summed E-state index contributed by atoms with van der Waals surface area (Å²) in [5.41, 5.74) is 0. The molecule has 1 aliphatic heterocycles. The van der Waals surface area contributed by atoms with Crippen LogP contribution in [0.1, 0.15) is 32.1 Å². The van der Waals surface area contributed by atoms with E-state index in [1.54, 1.807) is 7.05 Å². The third-order valence-electron chi connectivity index (χ3n) is 4.10. The average Bonchev–Trinajstić information content (AvgIpc) is 2.76. The summed E-state index contributed by atoms with van der Waals surface area (Å²) < 4.78 is 36.7. The Labute approximate surface area is 166 Å². The lowest BCUT2D eigenvalue weighted by Crippen LogP contribution is -2.43. The van der Waals surface area contributed by atoms with E-state index < -0.39 is 12.7 Å². The van der Waals surface area contributed by atoms with Crippen molar-refractivity contribution in [3.8, 4) is 0 Å². The Morgan fingerprint density at radius 3 is 2.24 bits per heavy atom. The van der Waals surface area contributed by atoms with Gasteiger partial charge in [0.2, 0.25) is 0 Å². The molecule has 1 rings (SSSR count). The third-order valence-corrected chi connectivity index (χ3v) is 4.10. The van der Waals surface area contributed by atoms with Gasteiger partial charge in [0.1, 0.15) is 0 Å². The number of hydrogen-bond donors (Lipinski definition) is 2. The number of nitrogens with one attached hydrogen (secondary N) is 2. The molecule has 0 aromatic rings. The van der Waals surface area contributed by atoms with Gasteiger partial charge in [0.05, 0.1) is 6.54 Å². The Hall–Kier alpha value is -0.290. The fourth-order valence-electron chi connectivity index (χ4n) is 2.84. The van der Waals surface area contributed by atoms with Crippen LogP contribution in [-0.4, -0.2) is 81.8 Å². The molecule has 0 bridgehead atoms. The predicted molar refractivity (Wildman–Crippen MR) is 108 cm³/mol. The van der Waals surface area contributed by atoms with Gasteiger partial charge in [-0.3, -0.25) is 9.89 Å². The monoisotopic (exact) mass is 479 g/mol. The minimum Gasteiger partial charge on any atom is -0.356 e. The molecule has 0 amide bonds. The molecule has 150 valence electrons. The van der Waals surface area contributed by atoms with Gasteiger partial charge >= 0.3 is 6.18 Å². The van der Waals surface area contributed by atoms with Gasteiger partial charge in [-0.1, -0.05) is 12.8 Å². The van der Waals surface area contributed by atoms with E-state index >= 15 is 0 Å². The van der Waals surface area contributed by atoms with Gasteiger partial charge in [-0.2, -0.15) is 13.2 Å². The molecule has 9 heteroatoms. The number of halogens is 4. The molecule has 0 saturated carbocycles. The van der Waals surface area contributed by atoms with Crippen LogP contribution in [0.15, 0.2) is 4.99 Å². The molecule has 0 aromatic heterocycles. The second kappa shape index (κ2) is 13.9. The van der Waals surface area contributed by atoms with Crippen LogP contribution in [0, 0.1) is 0 Å². The molecular weight excluding hydrogens is 446 g/mol. The second-order valence-electron chi connectivity index (χ2n) is 6.39. The number of aliphatic imine (C=N–C) groups is 1. The smallest absolute Gasteiger partial charge is 0.356 e. The van der Waals surface area contributed by atoms with Crippen LogP contribution < -0.4 is 10.6 Å². The molecule has 1 aliphatic rings. The van der Waals surface area contributed by atoms with Crippen LogP contribution in [0.5, 0.6) is 0 Å². The van der Waals surface area contributed by atoms with Crippen LogP contribution >= 0.6 is 24.0 Å². The highest BCUT2D eigenvalue weighted by molar-refractivity contribution is 14.0. The fraction of sp³-hybridized carbons (Fsp3) is 0.938. The first-order chi connectivity index (χ1) is 11.4. The summed E-state index contributed by atoms with van der Waals surface area (Å²) in [6, 6.07) is 0. The van der Waals surface area contributed by atoms with E-state index in [0.717, 1.165) is 19.5 Å². The summed E-state index contributed by atoms with van der Waals surface area (Å²) in [6.07, 6.45) is 2.16. The summed E-state index contributed by atoms with van der Waals surface area (Å²) in [5.74, 6) is 0.645. The van der Waals surface area contributed by atoms with Crippen LogP contribution in [0.2, 0.25) is 0 Å². The number of hydrogen-bond acceptors (Lipinski definition) is 3. The Balaban J connectivity index is 0.00000576. The maximum atomic E-state index is 12.2. The van der Waals surface area contributed by atoms with E-state index in [4.69, 9.17) is 0 Å². The zero-order chi connectivity index (χ0) is 17.8. The number of rotatable bonds is 8. The van der Waals surface area contributed by atoms with Crippen LogP contribution in [-0.2, 0) is 0 Å². The molecule has 0 atom stereocenters. The molecule has 25 heavy (non-hydrogen) atoms. The first kappa shape index (κ1) is 24.7. The molecule has 2 N–H and O–H groups in total. The molecule has 1 heterocycles. The normalized spacial score (nSPS) is 17.1. The second-order valence-corrected chi connectivity index (χ2v) is 6.39. The Morgan fingerprint density at radius 1 is 1.08 bits per heavy atom. The van der Waals surface area contributed by atoms with Crippen molar-refractivity contribution in [3.63, 3.8) is 0 Å². The molecular formula is C16H33F3IN5. The van der Waals surface area contributed by atoms with Gasteiger partial charge in [0.25, 0.3) is 0 Å². The van der Waals surface area contributed by atoms with Crippen LogP contribution in [0.25, 0.3) is 0 Å². The third kappa shape index (κ3) is 13.6. The van der Waals surface area contributed by atoms with E-state index in [9.17, 15) is 13.2 Å². The first-order valence-corrected chi connectivity index (χ1v) is 8.83. The SMILES string of the molecule is CN=C(NCCCN1CCCCCC1)NCCN(C)CC(F)(F)F.I. The van der Waals surface area contributed by atoms with Gasteiger partial charge in [0.15, 0.2) is 5.96 Å². The molecule has 0 aliphatic carbocycles. The van der Waals surface area contributed by atoms with E-state index in [0.29, 0.717) is 19.0 Å². The number of alkyl halides is 3. The van der Waals surface area contributed by atoms with E-state index in [-0.39, 0.29) is 24.0 Å². The minimum absolute atomic E-state index is 0. The minimum atomic E-state index is -4.15. The highest BCUT2D eigenvalue weighted by atomic mass is 127. The maximum absolute atomic E-state index is 12.2. The van der Waals surface area contributed by atoms with Crippen LogP contribution in [0.3, 0.4) is 0 Å². The molecule has 0 aromatic carbocycles. The highest BCUT2D eigenvalue weighted by Gasteiger charge is 2.28. The summed E-state index contributed by atoms with van der Waals surface area (Å²) >= 11 is 0. The lowest BCUT2D eigenvalue weighted by molar-refractivity contribution is -0.142. The molecule has 1 fully saturated rings. The van der Waals surface area contributed by atoms with Crippen molar-refractivity contribution in [2.24, 2.45) is 4.99 Å². The molecule has 5 nitrogen and oxygen atoms in total. The van der Waals surface area contributed by atoms with Gasteiger partial charge in [0, 0.05) is 26.7 Å². The lowest BCUT2D eigenvalue weighted by Gasteiger charge is -2.21. The van der Waals surface area contributed by atoms with Crippen molar-refractivity contribution in [2.45, 2.75) is 38.3 Å². The standard InChI is InChI=1S/C16H32F3N5.HI/c1-20-15(22-9-13-23(2)14-16(17,18)19)21-8-7-12-24-10-5-3-4-6-11-24;/h3-14H2,1-2H3,(H2,20,21,22);1H. The van der Waals surface area contributed by atoms with Crippen molar-refractivity contribution in [3.05, 3.63) is 0 Å². The topological polar surface area (TPSA) is 42.9 Å². The molecule has 0 radical (unpaired) electrons. The van der Waals surface area contributed by atoms with Crippen molar-refractivity contribution in [1.29, 1.82) is 0 Å². The predicted octanol–water partition coefficient (Wildman–Crippen LogP) is 2.53. The lowest BCUT2D eigenvalue weighted by atomic mass is 10.2. The van der Waals surface area contributed by atoms with E-state index in [2.05, 4.69) is 20.5 Å². The fourth-order valence-corrected chi connectivity index (χ4v) is 2.84. The van der Waals surface area contributed by atoms with E-state index in [1.165, 1.54) is 50.7 Å². The number of nitrogens with zero attached hydrogens (tertiary/aromatic N) is 3. The first-order valence-electron chi connectivity index (χ1n) is 8.83. The summed E-state index contributed by atoms with van der Waals surface area (Å²) in [5, 5.41) is 6.27. The molecule has 1 saturated heterocycles. The highest BCUT2D eigenvalue weighted by Crippen LogP contribution is 2.15. The zero-order valence-corrected chi connectivity index (χ0v) is 17.7. The van der Waals surface area contributed by atoms with Gasteiger partial charge in [-0.15, -0.1) is 24.0 Å². The van der Waals surface area contributed by atoms with Crippen molar-refractivity contribution in [1.82, 2.24) is 20.4 Å². The van der Waals surface area contributed by atoms with Gasteiger partial charge in [-0.05, 0) is 45.9 Å². The summed E-state index contributed by atoms with van der Waals surface area (Å²) in [7, 11) is 3.14. The summed E-state index contributed by atoms with van der Waals surface area (Å²) in [4.78, 5) is 7.86.